The summed E-state index contributed by atoms with van der Waals surface area (Å²) in [4.78, 5) is 25.5. The van der Waals surface area contributed by atoms with Crippen molar-refractivity contribution in [3.63, 3.8) is 0 Å². The number of amides is 1. The first-order chi connectivity index (χ1) is 13.9. The molecular weight excluding hydrogens is 364 g/mol. The smallest absolute Gasteiger partial charge is 0.251 e. The first kappa shape index (κ1) is 20.3. The van der Waals surface area contributed by atoms with Crippen molar-refractivity contribution in [1.29, 1.82) is 0 Å². The van der Waals surface area contributed by atoms with Crippen LogP contribution in [0.4, 0.5) is 17.5 Å². The molecule has 3 N–H and O–H groups in total. The fourth-order valence-electron chi connectivity index (χ4n) is 2.90. The van der Waals surface area contributed by atoms with Crippen LogP contribution in [0, 0.1) is 27.7 Å². The van der Waals surface area contributed by atoms with Crippen LogP contribution in [0.15, 0.2) is 42.6 Å². The van der Waals surface area contributed by atoms with Gasteiger partial charge in [0, 0.05) is 30.9 Å². The molecule has 0 aliphatic rings. The minimum atomic E-state index is -0.0697. The minimum Gasteiger partial charge on any atom is -0.368 e. The molecule has 0 fully saturated rings. The molecule has 3 aromatic rings. The zero-order valence-corrected chi connectivity index (χ0v) is 17.2. The number of carbonyl (C=O) groups excluding carboxylic acids is 1. The van der Waals surface area contributed by atoms with Gasteiger partial charge >= 0.3 is 0 Å². The van der Waals surface area contributed by atoms with Crippen LogP contribution < -0.4 is 16.0 Å². The molecule has 0 bridgehead atoms. The number of hydrogen-bond donors (Lipinski definition) is 3. The van der Waals surface area contributed by atoms with Crippen molar-refractivity contribution >= 4 is 23.4 Å². The molecule has 0 atom stereocenters. The SMILES string of the molecule is Cc1ccnc(Nc2cc(NCCNC(=O)c3cc(C)ccc3C)nc(C)n2)c1. The monoisotopic (exact) mass is 390 g/mol. The Bertz CT molecular complexity index is 1020. The Kier molecular flexibility index (Phi) is 6.39. The standard InChI is InChI=1S/C22H26N6O/c1-14-5-6-16(3)18(11-14)22(29)25-10-9-24-20-13-21(27-17(4)26-20)28-19-12-15(2)7-8-23-19/h5-8,11-13H,9-10H2,1-4H3,(H,25,29)(H2,23,24,26,27,28). The van der Waals surface area contributed by atoms with Crippen LogP contribution >= 0.6 is 0 Å². The van der Waals surface area contributed by atoms with Crippen molar-refractivity contribution in [1.82, 2.24) is 20.3 Å². The Morgan fingerprint density at radius 2 is 1.62 bits per heavy atom. The van der Waals surface area contributed by atoms with Gasteiger partial charge in [-0.3, -0.25) is 4.79 Å². The fraction of sp³-hybridized carbons (Fsp3) is 0.273. The summed E-state index contributed by atoms with van der Waals surface area (Å²) in [6, 6.07) is 11.6. The number of anilines is 3. The maximum Gasteiger partial charge on any atom is 0.251 e. The van der Waals surface area contributed by atoms with E-state index in [0.29, 0.717) is 36.1 Å². The van der Waals surface area contributed by atoms with Gasteiger partial charge in [0.2, 0.25) is 0 Å². The molecule has 7 nitrogen and oxygen atoms in total. The predicted molar refractivity (Wildman–Crippen MR) is 116 cm³/mol. The first-order valence-electron chi connectivity index (χ1n) is 9.55. The van der Waals surface area contributed by atoms with Crippen LogP contribution in [-0.4, -0.2) is 33.9 Å². The number of rotatable bonds is 7. The topological polar surface area (TPSA) is 91.8 Å². The Hall–Kier alpha value is -3.48. The number of carbonyl (C=O) groups is 1. The zero-order chi connectivity index (χ0) is 20.8. The maximum absolute atomic E-state index is 12.4. The Morgan fingerprint density at radius 1 is 0.862 bits per heavy atom. The highest BCUT2D eigenvalue weighted by Gasteiger charge is 2.09. The minimum absolute atomic E-state index is 0.0697. The summed E-state index contributed by atoms with van der Waals surface area (Å²) in [7, 11) is 0. The zero-order valence-electron chi connectivity index (χ0n) is 17.2. The van der Waals surface area contributed by atoms with Crippen LogP contribution in [0.25, 0.3) is 0 Å². The lowest BCUT2D eigenvalue weighted by Gasteiger charge is -2.11. The number of pyridine rings is 1. The van der Waals surface area contributed by atoms with Gasteiger partial charge in [0.25, 0.3) is 5.91 Å². The second-order valence-electron chi connectivity index (χ2n) is 7.03. The molecule has 2 aromatic heterocycles. The van der Waals surface area contributed by atoms with E-state index < -0.39 is 0 Å². The molecular formula is C22H26N6O. The Labute approximate surface area is 171 Å². The van der Waals surface area contributed by atoms with Crippen molar-refractivity contribution < 1.29 is 4.79 Å². The van der Waals surface area contributed by atoms with Crippen LogP contribution in [0.5, 0.6) is 0 Å². The van der Waals surface area contributed by atoms with Crippen LogP contribution in [0.1, 0.15) is 32.9 Å². The highest BCUT2D eigenvalue weighted by atomic mass is 16.1. The molecule has 29 heavy (non-hydrogen) atoms. The van der Waals surface area contributed by atoms with Gasteiger partial charge in [0.1, 0.15) is 23.3 Å². The molecule has 0 radical (unpaired) electrons. The van der Waals surface area contributed by atoms with E-state index in [2.05, 4.69) is 30.9 Å². The lowest BCUT2D eigenvalue weighted by Crippen LogP contribution is -2.29. The molecule has 0 unspecified atom stereocenters. The summed E-state index contributed by atoms with van der Waals surface area (Å²) in [6.07, 6.45) is 1.75. The Balaban J connectivity index is 1.56. The van der Waals surface area contributed by atoms with Gasteiger partial charge in [0.05, 0.1) is 0 Å². The number of aryl methyl sites for hydroxylation is 4. The first-order valence-corrected chi connectivity index (χ1v) is 9.55. The average Bonchev–Trinajstić information content (AvgIpc) is 2.66. The molecule has 0 saturated heterocycles. The van der Waals surface area contributed by atoms with Crippen LogP contribution in [-0.2, 0) is 0 Å². The van der Waals surface area contributed by atoms with E-state index in [0.717, 1.165) is 22.5 Å². The summed E-state index contributed by atoms with van der Waals surface area (Å²) in [5.41, 5.74) is 3.86. The molecule has 0 aliphatic heterocycles. The third-order valence-corrected chi connectivity index (χ3v) is 4.36. The van der Waals surface area contributed by atoms with Crippen molar-refractivity contribution in [3.05, 3.63) is 70.7 Å². The number of benzene rings is 1. The van der Waals surface area contributed by atoms with E-state index >= 15 is 0 Å². The summed E-state index contributed by atoms with van der Waals surface area (Å²) >= 11 is 0. The molecule has 0 aliphatic carbocycles. The highest BCUT2D eigenvalue weighted by Crippen LogP contribution is 2.16. The predicted octanol–water partition coefficient (Wildman–Crippen LogP) is 3.69. The average molecular weight is 390 g/mol. The van der Waals surface area contributed by atoms with E-state index in [1.165, 1.54) is 0 Å². The van der Waals surface area contributed by atoms with E-state index in [9.17, 15) is 4.79 Å². The normalized spacial score (nSPS) is 10.5. The van der Waals surface area contributed by atoms with E-state index in [1.807, 2.05) is 64.1 Å². The molecule has 150 valence electrons. The van der Waals surface area contributed by atoms with Crippen molar-refractivity contribution in [2.75, 3.05) is 23.7 Å². The summed E-state index contributed by atoms with van der Waals surface area (Å²) < 4.78 is 0. The second-order valence-corrected chi connectivity index (χ2v) is 7.03. The van der Waals surface area contributed by atoms with E-state index in [4.69, 9.17) is 0 Å². The Morgan fingerprint density at radius 3 is 2.41 bits per heavy atom. The molecule has 2 heterocycles. The molecule has 1 aromatic carbocycles. The molecule has 7 heteroatoms. The van der Waals surface area contributed by atoms with Crippen LogP contribution in [0.3, 0.4) is 0 Å². The number of aromatic nitrogens is 3. The van der Waals surface area contributed by atoms with Crippen LogP contribution in [0.2, 0.25) is 0 Å². The van der Waals surface area contributed by atoms with Gasteiger partial charge in [-0.1, -0.05) is 17.7 Å². The maximum atomic E-state index is 12.4. The summed E-state index contributed by atoms with van der Waals surface area (Å²) in [6.45, 7) is 8.80. The molecule has 1 amide bonds. The number of nitrogens with one attached hydrogen (secondary N) is 3. The number of hydrogen-bond acceptors (Lipinski definition) is 6. The van der Waals surface area contributed by atoms with Crippen molar-refractivity contribution in [2.45, 2.75) is 27.7 Å². The molecule has 3 rings (SSSR count). The number of nitrogens with zero attached hydrogens (tertiary/aromatic N) is 3. The lowest BCUT2D eigenvalue weighted by molar-refractivity contribution is 0.0954. The highest BCUT2D eigenvalue weighted by molar-refractivity contribution is 5.95. The summed E-state index contributed by atoms with van der Waals surface area (Å²) in [5.74, 6) is 2.66. The fourth-order valence-corrected chi connectivity index (χ4v) is 2.90. The van der Waals surface area contributed by atoms with Crippen molar-refractivity contribution in [2.24, 2.45) is 0 Å². The van der Waals surface area contributed by atoms with Gasteiger partial charge in [-0.15, -0.1) is 0 Å². The van der Waals surface area contributed by atoms with Gasteiger partial charge < -0.3 is 16.0 Å². The van der Waals surface area contributed by atoms with Gasteiger partial charge in [-0.25, -0.2) is 15.0 Å². The molecule has 0 saturated carbocycles. The van der Waals surface area contributed by atoms with Gasteiger partial charge in [0.15, 0.2) is 0 Å². The van der Waals surface area contributed by atoms with E-state index in [1.54, 1.807) is 6.20 Å². The second kappa shape index (κ2) is 9.14. The third-order valence-electron chi connectivity index (χ3n) is 4.36. The largest absolute Gasteiger partial charge is 0.368 e. The van der Waals surface area contributed by atoms with E-state index in [-0.39, 0.29) is 5.91 Å². The third kappa shape index (κ3) is 5.75. The van der Waals surface area contributed by atoms with Gasteiger partial charge in [-0.05, 0) is 57.0 Å². The molecule has 0 spiro atoms. The summed E-state index contributed by atoms with van der Waals surface area (Å²) in [5, 5.41) is 9.37. The van der Waals surface area contributed by atoms with Crippen molar-refractivity contribution in [3.8, 4) is 0 Å². The quantitative estimate of drug-likeness (QED) is 0.533. The lowest BCUT2D eigenvalue weighted by atomic mass is 10.1. The van der Waals surface area contributed by atoms with Gasteiger partial charge in [-0.2, -0.15) is 0 Å².